The molecule has 2 aromatic rings. The van der Waals surface area contributed by atoms with Gasteiger partial charge in [-0.3, -0.25) is 14.4 Å². The van der Waals surface area contributed by atoms with Crippen LogP contribution in [0.4, 0.5) is 17.1 Å². The zero-order valence-electron chi connectivity index (χ0n) is 18.8. The molecule has 1 N–H and O–H groups in total. The molecule has 1 atom stereocenters. The Hall–Kier alpha value is -3.75. The number of rotatable bonds is 7. The van der Waals surface area contributed by atoms with Crippen LogP contribution >= 0.6 is 0 Å². The molecule has 3 rings (SSSR count). The number of ether oxygens (including phenoxy) is 3. The van der Waals surface area contributed by atoms with Gasteiger partial charge in [0, 0.05) is 50.4 Å². The van der Waals surface area contributed by atoms with Crippen LogP contribution in [0, 0.1) is 5.92 Å². The van der Waals surface area contributed by atoms with Gasteiger partial charge in [-0.2, -0.15) is 0 Å². The molecule has 1 unspecified atom stereocenters. The summed E-state index contributed by atoms with van der Waals surface area (Å²) in [6.45, 7) is 1.71. The van der Waals surface area contributed by atoms with Gasteiger partial charge in [-0.05, 0) is 24.3 Å². The van der Waals surface area contributed by atoms with Crippen LogP contribution in [0.2, 0.25) is 0 Å². The zero-order chi connectivity index (χ0) is 23.4. The third kappa shape index (κ3) is 4.61. The Balaban J connectivity index is 1.73. The molecule has 170 valence electrons. The molecule has 3 amide bonds. The van der Waals surface area contributed by atoms with Crippen LogP contribution in [-0.4, -0.2) is 52.6 Å². The van der Waals surface area contributed by atoms with E-state index in [0.29, 0.717) is 28.6 Å². The van der Waals surface area contributed by atoms with Gasteiger partial charge in [-0.25, -0.2) is 0 Å². The highest BCUT2D eigenvalue weighted by molar-refractivity contribution is 6.04. The van der Waals surface area contributed by atoms with Gasteiger partial charge in [0.25, 0.3) is 0 Å². The topological polar surface area (TPSA) is 97.4 Å². The molecule has 1 aliphatic heterocycles. The molecular formula is C23H27N3O6. The van der Waals surface area contributed by atoms with Crippen LogP contribution in [0.25, 0.3) is 0 Å². The normalized spacial score (nSPS) is 15.3. The van der Waals surface area contributed by atoms with E-state index in [9.17, 15) is 14.4 Å². The van der Waals surface area contributed by atoms with Crippen LogP contribution in [0.5, 0.6) is 17.2 Å². The molecule has 0 radical (unpaired) electrons. The average Bonchev–Trinajstić information content (AvgIpc) is 3.19. The van der Waals surface area contributed by atoms with Crippen molar-refractivity contribution in [2.75, 3.05) is 50.0 Å². The maximum absolute atomic E-state index is 12.8. The Bertz CT molecular complexity index is 996. The van der Waals surface area contributed by atoms with Gasteiger partial charge in [-0.15, -0.1) is 0 Å². The molecule has 0 saturated carbocycles. The standard InChI is InChI=1S/C23H27N3O6/c1-14(27)25(2)17-8-6-16(7-9-17)24-23(29)15-10-21(28)26(13-15)18-11-19(30-3)22(32-5)20(12-18)31-4/h6-9,11-12,15H,10,13H2,1-5H3,(H,24,29). The Kier molecular flexibility index (Phi) is 6.87. The van der Waals surface area contributed by atoms with Crippen molar-refractivity contribution in [3.05, 3.63) is 36.4 Å². The summed E-state index contributed by atoms with van der Waals surface area (Å²) in [7, 11) is 6.19. The van der Waals surface area contributed by atoms with Crippen molar-refractivity contribution in [2.45, 2.75) is 13.3 Å². The van der Waals surface area contributed by atoms with Crippen molar-refractivity contribution in [2.24, 2.45) is 5.92 Å². The number of methoxy groups -OCH3 is 3. The lowest BCUT2D eigenvalue weighted by molar-refractivity contribution is -0.122. The van der Waals surface area contributed by atoms with Gasteiger partial charge in [0.2, 0.25) is 23.5 Å². The first kappa shape index (κ1) is 22.9. The third-order valence-electron chi connectivity index (χ3n) is 5.45. The largest absolute Gasteiger partial charge is 0.493 e. The number of benzene rings is 2. The fourth-order valence-electron chi connectivity index (χ4n) is 3.55. The van der Waals surface area contributed by atoms with Crippen molar-refractivity contribution in [1.82, 2.24) is 0 Å². The van der Waals surface area contributed by atoms with Gasteiger partial charge in [0.05, 0.1) is 32.9 Å². The molecule has 0 spiro atoms. The quantitative estimate of drug-likeness (QED) is 0.710. The summed E-state index contributed by atoms with van der Waals surface area (Å²) >= 11 is 0. The first-order valence-corrected chi connectivity index (χ1v) is 10.0. The number of hydrogen-bond donors (Lipinski definition) is 1. The lowest BCUT2D eigenvalue weighted by Gasteiger charge is -2.20. The fraction of sp³-hybridized carbons (Fsp3) is 0.348. The summed E-state index contributed by atoms with van der Waals surface area (Å²) in [5.74, 6) is 0.271. The number of nitrogens with zero attached hydrogens (tertiary/aromatic N) is 2. The molecule has 0 bridgehead atoms. The fourth-order valence-corrected chi connectivity index (χ4v) is 3.55. The van der Waals surface area contributed by atoms with Crippen LogP contribution in [0.1, 0.15) is 13.3 Å². The van der Waals surface area contributed by atoms with E-state index in [1.54, 1.807) is 48.3 Å². The number of hydrogen-bond acceptors (Lipinski definition) is 6. The molecule has 1 heterocycles. The van der Waals surface area contributed by atoms with Crippen LogP contribution in [-0.2, 0) is 14.4 Å². The van der Waals surface area contributed by atoms with Crippen molar-refractivity contribution < 1.29 is 28.6 Å². The zero-order valence-corrected chi connectivity index (χ0v) is 18.8. The predicted molar refractivity (Wildman–Crippen MR) is 121 cm³/mol. The second-order valence-corrected chi connectivity index (χ2v) is 7.40. The minimum Gasteiger partial charge on any atom is -0.493 e. The second kappa shape index (κ2) is 9.59. The van der Waals surface area contributed by atoms with E-state index in [-0.39, 0.29) is 30.7 Å². The Morgan fingerprint density at radius 1 is 1.03 bits per heavy atom. The van der Waals surface area contributed by atoms with Gasteiger partial charge >= 0.3 is 0 Å². The van der Waals surface area contributed by atoms with Crippen molar-refractivity contribution in [3.8, 4) is 17.2 Å². The molecule has 9 nitrogen and oxygen atoms in total. The summed E-state index contributed by atoms with van der Waals surface area (Å²) in [4.78, 5) is 40.0. The van der Waals surface area contributed by atoms with Crippen molar-refractivity contribution in [3.63, 3.8) is 0 Å². The lowest BCUT2D eigenvalue weighted by Crippen LogP contribution is -2.28. The van der Waals surface area contributed by atoms with Crippen LogP contribution < -0.4 is 29.3 Å². The minimum atomic E-state index is -0.513. The number of carbonyl (C=O) groups is 3. The van der Waals surface area contributed by atoms with Crippen LogP contribution in [0.3, 0.4) is 0 Å². The first-order valence-electron chi connectivity index (χ1n) is 10.0. The highest BCUT2D eigenvalue weighted by Crippen LogP contribution is 2.42. The SMILES string of the molecule is COc1cc(N2CC(C(=O)Nc3ccc(N(C)C(C)=O)cc3)CC2=O)cc(OC)c1OC. The minimum absolute atomic E-state index is 0.0851. The Labute approximate surface area is 186 Å². The summed E-state index contributed by atoms with van der Waals surface area (Å²) in [6, 6.07) is 10.3. The summed E-state index contributed by atoms with van der Waals surface area (Å²) in [5, 5.41) is 2.84. The third-order valence-corrected chi connectivity index (χ3v) is 5.45. The maximum atomic E-state index is 12.8. The van der Waals surface area contributed by atoms with E-state index in [1.807, 2.05) is 0 Å². The van der Waals surface area contributed by atoms with Gasteiger partial charge in [-0.1, -0.05) is 0 Å². The smallest absolute Gasteiger partial charge is 0.229 e. The Morgan fingerprint density at radius 3 is 2.12 bits per heavy atom. The summed E-state index contributed by atoms with van der Waals surface area (Å²) < 4.78 is 16.0. The monoisotopic (exact) mass is 441 g/mol. The summed E-state index contributed by atoms with van der Waals surface area (Å²) in [6.07, 6.45) is 0.0909. The van der Waals surface area contributed by atoms with Crippen LogP contribution in [0.15, 0.2) is 36.4 Å². The number of nitrogens with one attached hydrogen (secondary N) is 1. The summed E-state index contributed by atoms with van der Waals surface area (Å²) in [5.41, 5.74) is 1.88. The number of carbonyl (C=O) groups excluding carboxylic acids is 3. The average molecular weight is 441 g/mol. The second-order valence-electron chi connectivity index (χ2n) is 7.40. The molecule has 1 saturated heterocycles. The first-order chi connectivity index (χ1) is 15.3. The number of amides is 3. The van der Waals surface area contributed by atoms with E-state index in [4.69, 9.17) is 14.2 Å². The molecule has 1 fully saturated rings. The van der Waals surface area contributed by atoms with E-state index in [2.05, 4.69) is 5.32 Å². The number of anilines is 3. The molecule has 0 aliphatic carbocycles. The highest BCUT2D eigenvalue weighted by atomic mass is 16.5. The van der Waals surface area contributed by atoms with Crippen molar-refractivity contribution >= 4 is 34.8 Å². The van der Waals surface area contributed by atoms with Crippen molar-refractivity contribution in [1.29, 1.82) is 0 Å². The van der Waals surface area contributed by atoms with Gasteiger partial charge in [0.15, 0.2) is 11.5 Å². The molecule has 1 aliphatic rings. The molecule has 0 aromatic heterocycles. The van der Waals surface area contributed by atoms with E-state index < -0.39 is 5.92 Å². The van der Waals surface area contributed by atoms with Gasteiger partial charge < -0.3 is 29.3 Å². The predicted octanol–water partition coefficient (Wildman–Crippen LogP) is 2.69. The Morgan fingerprint density at radius 2 is 1.62 bits per heavy atom. The van der Waals surface area contributed by atoms with E-state index >= 15 is 0 Å². The van der Waals surface area contributed by atoms with E-state index in [0.717, 1.165) is 5.69 Å². The molecule has 32 heavy (non-hydrogen) atoms. The molecule has 9 heteroatoms. The highest BCUT2D eigenvalue weighted by Gasteiger charge is 2.36. The molecular weight excluding hydrogens is 414 g/mol. The van der Waals surface area contributed by atoms with E-state index in [1.165, 1.54) is 33.2 Å². The van der Waals surface area contributed by atoms with Gasteiger partial charge in [0.1, 0.15) is 0 Å². The lowest BCUT2D eigenvalue weighted by atomic mass is 10.1. The molecule has 2 aromatic carbocycles. The maximum Gasteiger partial charge on any atom is 0.229 e.